The van der Waals surface area contributed by atoms with Crippen molar-refractivity contribution in [3.63, 3.8) is 0 Å². The van der Waals surface area contributed by atoms with E-state index in [0.717, 1.165) is 0 Å². The maximum atomic E-state index is 12.5. The van der Waals surface area contributed by atoms with Crippen molar-refractivity contribution < 1.29 is 14.7 Å². The Balaban J connectivity index is 2.23. The molecule has 0 radical (unpaired) electrons. The van der Waals surface area contributed by atoms with E-state index < -0.39 is 11.4 Å². The van der Waals surface area contributed by atoms with Crippen molar-refractivity contribution in [3.8, 4) is 0 Å². The topological polar surface area (TPSA) is 83.4 Å². The predicted molar refractivity (Wildman–Crippen MR) is 72.2 cm³/mol. The number of aromatic nitrogens is 2. The van der Waals surface area contributed by atoms with E-state index in [1.54, 1.807) is 11.8 Å². The van der Waals surface area contributed by atoms with Gasteiger partial charge < -0.3 is 10.0 Å². The highest BCUT2D eigenvalue weighted by molar-refractivity contribution is 5.95. The zero-order chi connectivity index (χ0) is 14.9. The molecular weight excluding hydrogens is 258 g/mol. The van der Waals surface area contributed by atoms with Crippen LogP contribution in [0, 0.1) is 18.3 Å². The van der Waals surface area contributed by atoms with Crippen LogP contribution in [0.1, 0.15) is 36.3 Å². The number of carboxylic acids is 1. The molecule has 1 saturated heterocycles. The number of nitrogens with zero attached hydrogens (tertiary/aromatic N) is 3. The molecule has 2 rings (SSSR count). The molecule has 0 spiro atoms. The minimum atomic E-state index is -0.848. The highest BCUT2D eigenvalue weighted by atomic mass is 16.4. The molecule has 0 aliphatic carbocycles. The Morgan fingerprint density at radius 3 is 2.65 bits per heavy atom. The van der Waals surface area contributed by atoms with Gasteiger partial charge in [-0.3, -0.25) is 9.59 Å². The molecule has 1 aromatic rings. The summed E-state index contributed by atoms with van der Waals surface area (Å²) in [6, 6.07) is 0. The fourth-order valence-electron chi connectivity index (χ4n) is 2.67. The molecule has 0 aromatic carbocycles. The van der Waals surface area contributed by atoms with Crippen LogP contribution in [0.3, 0.4) is 0 Å². The van der Waals surface area contributed by atoms with Gasteiger partial charge in [-0.15, -0.1) is 0 Å². The molecule has 0 bridgehead atoms. The third-order valence-corrected chi connectivity index (χ3v) is 4.26. The Labute approximate surface area is 117 Å². The molecule has 6 heteroatoms. The normalized spacial score (nSPS) is 22.3. The second kappa shape index (κ2) is 5.19. The Morgan fingerprint density at radius 1 is 1.45 bits per heavy atom. The Bertz CT molecular complexity index is 544. The SMILES string of the molecule is Cc1ncncc1C(=O)N1CCC(C(=O)O)(C(C)C)C1. The Hall–Kier alpha value is -1.98. The summed E-state index contributed by atoms with van der Waals surface area (Å²) in [6.45, 7) is 6.22. The van der Waals surface area contributed by atoms with Crippen LogP contribution in [0.15, 0.2) is 12.5 Å². The first-order chi connectivity index (χ1) is 9.38. The lowest BCUT2D eigenvalue weighted by molar-refractivity contribution is -0.150. The first kappa shape index (κ1) is 14.4. The van der Waals surface area contributed by atoms with Gasteiger partial charge in [0.25, 0.3) is 5.91 Å². The van der Waals surface area contributed by atoms with Crippen LogP contribution >= 0.6 is 0 Å². The molecule has 20 heavy (non-hydrogen) atoms. The molecule has 1 unspecified atom stereocenters. The van der Waals surface area contributed by atoms with Crippen molar-refractivity contribution in [1.29, 1.82) is 0 Å². The summed E-state index contributed by atoms with van der Waals surface area (Å²) in [6.07, 6.45) is 3.37. The van der Waals surface area contributed by atoms with Gasteiger partial charge in [0, 0.05) is 19.3 Å². The lowest BCUT2D eigenvalue weighted by Gasteiger charge is -2.28. The zero-order valence-corrected chi connectivity index (χ0v) is 12.0. The first-order valence-corrected chi connectivity index (χ1v) is 6.68. The van der Waals surface area contributed by atoms with Gasteiger partial charge in [0.1, 0.15) is 6.33 Å². The lowest BCUT2D eigenvalue weighted by Crippen LogP contribution is -2.40. The molecule has 108 valence electrons. The van der Waals surface area contributed by atoms with E-state index in [1.165, 1.54) is 12.5 Å². The van der Waals surface area contributed by atoms with Crippen LogP contribution < -0.4 is 0 Å². The number of rotatable bonds is 3. The molecule has 1 N–H and O–H groups in total. The van der Waals surface area contributed by atoms with Gasteiger partial charge in [0.15, 0.2) is 0 Å². The van der Waals surface area contributed by atoms with Crippen molar-refractivity contribution in [3.05, 3.63) is 23.8 Å². The van der Waals surface area contributed by atoms with E-state index in [2.05, 4.69) is 9.97 Å². The monoisotopic (exact) mass is 277 g/mol. The molecule has 1 aliphatic rings. The summed E-state index contributed by atoms with van der Waals surface area (Å²) in [5, 5.41) is 9.50. The fraction of sp³-hybridized carbons (Fsp3) is 0.571. The van der Waals surface area contributed by atoms with Gasteiger partial charge >= 0.3 is 5.97 Å². The molecule has 1 amide bonds. The van der Waals surface area contributed by atoms with Crippen LogP contribution in [0.5, 0.6) is 0 Å². The summed E-state index contributed by atoms with van der Waals surface area (Å²) < 4.78 is 0. The molecule has 1 atom stereocenters. The highest BCUT2D eigenvalue weighted by Crippen LogP contribution is 2.38. The van der Waals surface area contributed by atoms with Gasteiger partial charge in [-0.1, -0.05) is 13.8 Å². The standard InChI is InChI=1S/C14H19N3O3/c1-9(2)14(13(19)20)4-5-17(7-14)12(18)11-6-15-8-16-10(11)3/h6,8-9H,4-5,7H2,1-3H3,(H,19,20). The summed E-state index contributed by atoms with van der Waals surface area (Å²) in [7, 11) is 0. The van der Waals surface area contributed by atoms with Gasteiger partial charge in [0.2, 0.25) is 0 Å². The molecular formula is C14H19N3O3. The maximum Gasteiger partial charge on any atom is 0.311 e. The van der Waals surface area contributed by atoms with Crippen molar-refractivity contribution in [1.82, 2.24) is 14.9 Å². The van der Waals surface area contributed by atoms with Crippen molar-refractivity contribution in [2.24, 2.45) is 11.3 Å². The Morgan fingerprint density at radius 2 is 2.15 bits per heavy atom. The molecule has 0 saturated carbocycles. The largest absolute Gasteiger partial charge is 0.481 e. The minimum Gasteiger partial charge on any atom is -0.481 e. The third kappa shape index (κ3) is 2.26. The van der Waals surface area contributed by atoms with E-state index in [4.69, 9.17) is 0 Å². The van der Waals surface area contributed by atoms with Crippen LogP contribution in [0.2, 0.25) is 0 Å². The number of carbonyl (C=O) groups is 2. The Kier molecular flexibility index (Phi) is 3.74. The van der Waals surface area contributed by atoms with Crippen LogP contribution in [0.4, 0.5) is 0 Å². The van der Waals surface area contributed by atoms with Gasteiger partial charge in [-0.05, 0) is 19.3 Å². The van der Waals surface area contributed by atoms with Gasteiger partial charge in [-0.2, -0.15) is 0 Å². The third-order valence-electron chi connectivity index (χ3n) is 4.26. The van der Waals surface area contributed by atoms with E-state index in [-0.39, 0.29) is 18.4 Å². The molecule has 1 aliphatic heterocycles. The average molecular weight is 277 g/mol. The summed E-state index contributed by atoms with van der Waals surface area (Å²) >= 11 is 0. The van der Waals surface area contributed by atoms with Gasteiger partial charge in [-0.25, -0.2) is 9.97 Å². The maximum absolute atomic E-state index is 12.5. The van der Waals surface area contributed by atoms with Crippen LogP contribution in [-0.4, -0.2) is 44.9 Å². The number of aliphatic carboxylic acids is 1. The predicted octanol–water partition coefficient (Wildman–Crippen LogP) is 1.36. The fourth-order valence-corrected chi connectivity index (χ4v) is 2.67. The second-order valence-electron chi connectivity index (χ2n) is 5.61. The second-order valence-corrected chi connectivity index (χ2v) is 5.61. The van der Waals surface area contributed by atoms with Crippen molar-refractivity contribution in [2.75, 3.05) is 13.1 Å². The number of carbonyl (C=O) groups excluding carboxylic acids is 1. The zero-order valence-electron chi connectivity index (χ0n) is 12.0. The minimum absolute atomic E-state index is 0.0223. The molecule has 2 heterocycles. The van der Waals surface area contributed by atoms with Crippen molar-refractivity contribution in [2.45, 2.75) is 27.2 Å². The summed E-state index contributed by atoms with van der Waals surface area (Å²) in [5.41, 5.74) is 0.207. The van der Waals surface area contributed by atoms with Crippen molar-refractivity contribution >= 4 is 11.9 Å². The first-order valence-electron chi connectivity index (χ1n) is 6.68. The average Bonchev–Trinajstić information content (AvgIpc) is 2.85. The number of likely N-dealkylation sites (tertiary alicyclic amines) is 1. The van der Waals surface area contributed by atoms with E-state index in [1.807, 2.05) is 13.8 Å². The molecule has 6 nitrogen and oxygen atoms in total. The van der Waals surface area contributed by atoms with E-state index >= 15 is 0 Å². The van der Waals surface area contributed by atoms with E-state index in [9.17, 15) is 14.7 Å². The number of hydrogen-bond acceptors (Lipinski definition) is 4. The number of carboxylic acid groups (broad SMARTS) is 1. The smallest absolute Gasteiger partial charge is 0.311 e. The molecule has 1 fully saturated rings. The van der Waals surface area contributed by atoms with Gasteiger partial charge in [0.05, 0.1) is 16.7 Å². The van der Waals surface area contributed by atoms with Crippen LogP contribution in [-0.2, 0) is 4.79 Å². The quantitative estimate of drug-likeness (QED) is 0.901. The van der Waals surface area contributed by atoms with Crippen LogP contribution in [0.25, 0.3) is 0 Å². The summed E-state index contributed by atoms with van der Waals surface area (Å²) in [4.78, 5) is 33.5. The number of hydrogen-bond donors (Lipinski definition) is 1. The van der Waals surface area contributed by atoms with E-state index in [0.29, 0.717) is 24.2 Å². The number of amides is 1. The number of aryl methyl sites for hydroxylation is 1. The molecule has 1 aromatic heterocycles. The highest BCUT2D eigenvalue weighted by Gasteiger charge is 2.48. The lowest BCUT2D eigenvalue weighted by atomic mass is 9.76. The summed E-state index contributed by atoms with van der Waals surface area (Å²) in [5.74, 6) is -1.04.